The molecule has 2 N–H and O–H groups in total. The molecule has 168 valence electrons. The van der Waals surface area contributed by atoms with Gasteiger partial charge in [-0.1, -0.05) is 5.92 Å². The number of benzene rings is 1. The van der Waals surface area contributed by atoms with Crippen molar-refractivity contribution in [3.63, 3.8) is 0 Å². The van der Waals surface area contributed by atoms with Crippen molar-refractivity contribution in [2.45, 2.75) is 12.5 Å². The molecular weight excluding hydrogens is 418 g/mol. The molecule has 1 amide bonds. The zero-order chi connectivity index (χ0) is 22.9. The van der Waals surface area contributed by atoms with Crippen molar-refractivity contribution in [1.29, 1.82) is 0 Å². The summed E-state index contributed by atoms with van der Waals surface area (Å²) in [5.74, 6) is 2.66. The smallest absolute Gasteiger partial charge is 0.254 e. The predicted octanol–water partition coefficient (Wildman–Crippen LogP) is 1.33. The molecule has 1 aromatic carbocycles. The highest BCUT2D eigenvalue weighted by Gasteiger charge is 2.29. The number of amides is 1. The van der Waals surface area contributed by atoms with E-state index in [1.54, 1.807) is 6.20 Å². The number of piperazine rings is 1. The van der Waals surface area contributed by atoms with Crippen LogP contribution in [0.15, 0.2) is 41.3 Å². The zero-order valence-corrected chi connectivity index (χ0v) is 18.4. The maximum absolute atomic E-state index is 12.8. The maximum Gasteiger partial charge on any atom is 0.254 e. The largest absolute Gasteiger partial charge is 0.369 e. The second-order valence-corrected chi connectivity index (χ2v) is 8.40. The van der Waals surface area contributed by atoms with Crippen molar-refractivity contribution in [3.05, 3.63) is 52.4 Å². The minimum absolute atomic E-state index is 0.195. The Kier molecular flexibility index (Phi) is 5.44. The molecule has 2 aliphatic heterocycles. The van der Waals surface area contributed by atoms with Gasteiger partial charge in [0.1, 0.15) is 11.7 Å². The SMILES string of the molecule is C#Cc1cc(=O)n(C2CCNC2=O)c2nc(Nc3ccc(N4CCN(C)CC4)cc3)ncc12. The van der Waals surface area contributed by atoms with Gasteiger partial charge in [0.2, 0.25) is 11.9 Å². The summed E-state index contributed by atoms with van der Waals surface area (Å²) in [7, 11) is 2.14. The van der Waals surface area contributed by atoms with Crippen LogP contribution in [-0.4, -0.2) is 65.1 Å². The Morgan fingerprint density at radius 2 is 1.91 bits per heavy atom. The third-order valence-electron chi connectivity index (χ3n) is 6.27. The molecule has 0 radical (unpaired) electrons. The highest BCUT2D eigenvalue weighted by Crippen LogP contribution is 2.25. The lowest BCUT2D eigenvalue weighted by molar-refractivity contribution is -0.121. The van der Waals surface area contributed by atoms with Crippen molar-refractivity contribution < 1.29 is 4.79 Å². The summed E-state index contributed by atoms with van der Waals surface area (Å²) in [5, 5.41) is 6.54. The third kappa shape index (κ3) is 4.01. The van der Waals surface area contributed by atoms with Crippen LogP contribution in [0.5, 0.6) is 0 Å². The molecule has 9 nitrogen and oxygen atoms in total. The van der Waals surface area contributed by atoms with Crippen molar-refractivity contribution in [2.75, 3.05) is 50.0 Å². The predicted molar refractivity (Wildman–Crippen MR) is 128 cm³/mol. The Bertz CT molecular complexity index is 1300. The molecule has 0 spiro atoms. The minimum atomic E-state index is -0.613. The van der Waals surface area contributed by atoms with E-state index in [2.05, 4.69) is 55.5 Å². The van der Waals surface area contributed by atoms with Crippen LogP contribution < -0.4 is 21.1 Å². The average molecular weight is 444 g/mol. The molecule has 33 heavy (non-hydrogen) atoms. The molecule has 0 saturated carbocycles. The highest BCUT2D eigenvalue weighted by molar-refractivity contribution is 5.87. The number of hydrogen-bond acceptors (Lipinski definition) is 7. The van der Waals surface area contributed by atoms with E-state index in [1.165, 1.54) is 16.3 Å². The number of carbonyl (C=O) groups is 1. The van der Waals surface area contributed by atoms with Gasteiger partial charge in [0, 0.05) is 61.9 Å². The fraction of sp³-hybridized carbons (Fsp3) is 0.333. The number of aromatic nitrogens is 3. The van der Waals surface area contributed by atoms with Crippen LogP contribution in [0.25, 0.3) is 11.0 Å². The molecule has 2 saturated heterocycles. The Hall–Kier alpha value is -3.90. The summed E-state index contributed by atoms with van der Waals surface area (Å²) in [6.45, 7) is 4.61. The second-order valence-electron chi connectivity index (χ2n) is 8.40. The molecule has 9 heteroatoms. The molecule has 0 aliphatic carbocycles. The first-order valence-electron chi connectivity index (χ1n) is 11.0. The highest BCUT2D eigenvalue weighted by atomic mass is 16.2. The number of nitrogens with zero attached hydrogens (tertiary/aromatic N) is 5. The van der Waals surface area contributed by atoms with Crippen LogP contribution in [0.3, 0.4) is 0 Å². The summed E-state index contributed by atoms with van der Waals surface area (Å²) in [5.41, 5.74) is 2.41. The van der Waals surface area contributed by atoms with Crippen LogP contribution in [0, 0.1) is 12.3 Å². The fourth-order valence-corrected chi connectivity index (χ4v) is 4.38. The molecule has 2 aromatic heterocycles. The van der Waals surface area contributed by atoms with E-state index >= 15 is 0 Å². The average Bonchev–Trinajstić information content (AvgIpc) is 3.24. The second kappa shape index (κ2) is 8.56. The molecule has 2 fully saturated rings. The normalized spacial score (nSPS) is 18.8. The van der Waals surface area contributed by atoms with E-state index in [-0.39, 0.29) is 11.5 Å². The minimum Gasteiger partial charge on any atom is -0.369 e. The number of nitrogens with one attached hydrogen (secondary N) is 2. The van der Waals surface area contributed by atoms with Gasteiger partial charge in [-0.3, -0.25) is 14.2 Å². The van der Waals surface area contributed by atoms with Crippen LogP contribution in [0.4, 0.5) is 17.3 Å². The number of hydrogen-bond donors (Lipinski definition) is 2. The molecular formula is C24H25N7O2. The van der Waals surface area contributed by atoms with Gasteiger partial charge < -0.3 is 20.4 Å². The van der Waals surface area contributed by atoms with Crippen LogP contribution in [-0.2, 0) is 4.79 Å². The first-order chi connectivity index (χ1) is 16.0. The Morgan fingerprint density at radius 1 is 1.15 bits per heavy atom. The van der Waals surface area contributed by atoms with E-state index in [9.17, 15) is 9.59 Å². The van der Waals surface area contributed by atoms with E-state index in [0.717, 1.165) is 31.9 Å². The van der Waals surface area contributed by atoms with Crippen molar-refractivity contribution in [1.82, 2.24) is 24.8 Å². The molecule has 1 atom stereocenters. The lowest BCUT2D eigenvalue weighted by atomic mass is 10.1. The van der Waals surface area contributed by atoms with Gasteiger partial charge in [-0.15, -0.1) is 6.42 Å². The van der Waals surface area contributed by atoms with E-state index in [0.29, 0.717) is 35.5 Å². The molecule has 0 bridgehead atoms. The van der Waals surface area contributed by atoms with Gasteiger partial charge in [0.25, 0.3) is 5.56 Å². The molecule has 1 unspecified atom stereocenters. The molecule has 3 aromatic rings. The van der Waals surface area contributed by atoms with E-state index in [4.69, 9.17) is 6.42 Å². The Balaban J connectivity index is 1.46. The summed E-state index contributed by atoms with van der Waals surface area (Å²) < 4.78 is 1.42. The van der Waals surface area contributed by atoms with Gasteiger partial charge in [-0.2, -0.15) is 4.98 Å². The number of pyridine rings is 1. The zero-order valence-electron chi connectivity index (χ0n) is 18.4. The molecule has 5 rings (SSSR count). The first kappa shape index (κ1) is 21.0. The quantitative estimate of drug-likeness (QED) is 0.588. The van der Waals surface area contributed by atoms with Crippen LogP contribution >= 0.6 is 0 Å². The van der Waals surface area contributed by atoms with Crippen molar-refractivity contribution >= 4 is 34.3 Å². The number of anilines is 3. The van der Waals surface area contributed by atoms with E-state index < -0.39 is 6.04 Å². The lowest BCUT2D eigenvalue weighted by Gasteiger charge is -2.34. The summed E-state index contributed by atoms with van der Waals surface area (Å²) in [6.07, 6.45) is 7.72. The summed E-state index contributed by atoms with van der Waals surface area (Å²) >= 11 is 0. The monoisotopic (exact) mass is 443 g/mol. The van der Waals surface area contributed by atoms with Gasteiger partial charge in [0.15, 0.2) is 0 Å². The lowest BCUT2D eigenvalue weighted by Crippen LogP contribution is -2.44. The van der Waals surface area contributed by atoms with Crippen LogP contribution in [0.2, 0.25) is 0 Å². The van der Waals surface area contributed by atoms with Gasteiger partial charge in [-0.05, 0) is 37.7 Å². The standard InChI is InChI=1S/C24H25N7O2/c1-3-16-14-21(32)31(20-8-9-25-23(20)33)22-19(16)15-26-24(28-22)27-17-4-6-18(7-5-17)30-12-10-29(2)11-13-30/h1,4-7,14-15,20H,8-13H2,2H3,(H,25,33)(H,26,27,28). The van der Waals surface area contributed by atoms with Gasteiger partial charge in [-0.25, -0.2) is 4.98 Å². The summed E-state index contributed by atoms with van der Waals surface area (Å²) in [4.78, 5) is 38.8. The topological polar surface area (TPSA) is 95.4 Å². The van der Waals surface area contributed by atoms with E-state index in [1.807, 2.05) is 12.1 Å². The first-order valence-corrected chi connectivity index (χ1v) is 11.0. The summed E-state index contributed by atoms with van der Waals surface area (Å²) in [6, 6.07) is 8.86. The van der Waals surface area contributed by atoms with Gasteiger partial charge in [0.05, 0.1) is 5.39 Å². The number of carbonyl (C=O) groups excluding carboxylic acids is 1. The Labute approximate surface area is 191 Å². The Morgan fingerprint density at radius 3 is 2.58 bits per heavy atom. The van der Waals surface area contributed by atoms with Crippen LogP contribution in [0.1, 0.15) is 18.0 Å². The number of likely N-dealkylation sites (N-methyl/N-ethyl adjacent to an activating group) is 1. The number of rotatable bonds is 4. The number of terminal acetylenes is 1. The fourth-order valence-electron chi connectivity index (χ4n) is 4.38. The molecule has 2 aliphatic rings. The third-order valence-corrected chi connectivity index (χ3v) is 6.27. The van der Waals surface area contributed by atoms with Crippen molar-refractivity contribution in [2.24, 2.45) is 0 Å². The van der Waals surface area contributed by atoms with Crippen molar-refractivity contribution in [3.8, 4) is 12.3 Å². The number of fused-ring (bicyclic) bond motifs is 1. The maximum atomic E-state index is 12.8. The van der Waals surface area contributed by atoms with Gasteiger partial charge >= 0.3 is 0 Å². The molecule has 4 heterocycles.